The summed E-state index contributed by atoms with van der Waals surface area (Å²) in [4.78, 5) is 66.7. The summed E-state index contributed by atoms with van der Waals surface area (Å²) in [5.74, 6) is -3.46. The van der Waals surface area contributed by atoms with Crippen LogP contribution in [0.4, 0.5) is 0 Å². The van der Waals surface area contributed by atoms with E-state index >= 15 is 0 Å². The number of carbonyl (C=O) groups is 6. The fourth-order valence-corrected chi connectivity index (χ4v) is 13.5. The largest absolute Gasteiger partial charge is 0.500 e. The normalized spacial score (nSPS) is 22.2. The van der Waals surface area contributed by atoms with Crippen molar-refractivity contribution in [2.75, 3.05) is 133 Å². The van der Waals surface area contributed by atoms with Crippen molar-refractivity contribution in [1.29, 1.82) is 5.72 Å². The van der Waals surface area contributed by atoms with Gasteiger partial charge < -0.3 is 141 Å². The van der Waals surface area contributed by atoms with Gasteiger partial charge in [-0.3, -0.25) is 28.8 Å². The Morgan fingerprint density at radius 3 is 0.893 bits per heavy atom. The molecule has 42 heteroatoms. The van der Waals surface area contributed by atoms with Gasteiger partial charge in [0.25, 0.3) is 0 Å². The maximum absolute atomic E-state index is 11.9. The summed E-state index contributed by atoms with van der Waals surface area (Å²) in [5, 5.41) is 75.4. The highest BCUT2D eigenvalue weighted by atomic mass is 28.4. The first-order valence-corrected chi connectivity index (χ1v) is 37.1. The first-order chi connectivity index (χ1) is 50.8. The molecule has 0 bridgehead atoms. The molecule has 4 rings (SSSR count). The maximum Gasteiger partial charge on any atom is 0.500 e. The van der Waals surface area contributed by atoms with Gasteiger partial charge in [0.15, 0.2) is 0 Å². The topological polar surface area (TPSA) is 513 Å². The number of amides is 2. The Balaban J connectivity index is -0.0000000922. The minimum atomic E-state index is -2.62. The molecule has 12 radical (unpaired) electrons. The summed E-state index contributed by atoms with van der Waals surface area (Å²) in [6.45, 7) is 9.56. The van der Waals surface area contributed by atoms with Gasteiger partial charge in [0.1, 0.15) is 12.2 Å². The van der Waals surface area contributed by atoms with Crippen molar-refractivity contribution in [3.63, 3.8) is 0 Å². The highest BCUT2D eigenvalue weighted by Crippen LogP contribution is 2.25. The highest BCUT2D eigenvalue weighted by molar-refractivity contribution is 6.61. The fraction of sp³-hybridized carbons (Fsp3) is 0.902. The molecule has 0 aliphatic carbocycles. The maximum atomic E-state index is 11.9. The van der Waals surface area contributed by atoms with E-state index in [1.165, 1.54) is 49.8 Å². The number of esters is 2. The summed E-state index contributed by atoms with van der Waals surface area (Å²) in [6.07, 6.45) is 1.64. The molecule has 0 aromatic heterocycles. The molecule has 12 atom stereocenters. The van der Waals surface area contributed by atoms with E-state index in [9.17, 15) is 28.8 Å². The van der Waals surface area contributed by atoms with Crippen molar-refractivity contribution in [2.45, 2.75) is 230 Å². The number of nitrogens with two attached hydrogens (primary N) is 1. The van der Waals surface area contributed by atoms with Crippen LogP contribution in [0.25, 0.3) is 0 Å². The summed E-state index contributed by atoms with van der Waals surface area (Å²) >= 11 is 0. The average molecular weight is 1560 g/mol. The molecule has 2 amide bonds. The molecule has 0 spiro atoms. The van der Waals surface area contributed by atoms with Gasteiger partial charge in [-0.1, -0.05) is 0 Å². The molecule has 4 fully saturated rings. The zero-order chi connectivity index (χ0) is 85.0. The molecule has 4 aliphatic heterocycles. The summed E-state index contributed by atoms with van der Waals surface area (Å²) in [5.41, 5.74) is 5.36. The van der Waals surface area contributed by atoms with Gasteiger partial charge in [-0.15, -0.1) is 0 Å². The number of ether oxygens (including phenoxy) is 6. The number of carbonyl (C=O) groups excluding carboxylic acids is 4. The SMILES string of the molecule is CO.CO.CO.CO[Si](CCCN)(OC)OC.CO[Si](CCCNC(=O)CCC(=O)O)(OC)OC.[2H]C[C@H]1O[C@@H](C)CC1O.[2H]C[C@H]1O[C@@H](C)CC1O.[2H]C[C@H]1O[C@@H](C)CC1OC(=O)CCC(=O)NCCC[Si](OC)(OC)OC.[2H]C[C@H]1O[C@@H](C)CC1OC(=O)CCC(=O)O.[3H]OC.[3H]OC.[3H]OC.[3H]OC.[B].[B].[B].[B]. The Morgan fingerprint density at radius 2 is 0.670 bits per heavy atom. The Morgan fingerprint density at radius 1 is 0.437 bits per heavy atom. The van der Waals surface area contributed by atoms with Crippen LogP contribution in [0.2, 0.25) is 18.1 Å². The van der Waals surface area contributed by atoms with Crippen LogP contribution in [0.5, 0.6) is 0 Å². The first-order valence-electron chi connectivity index (χ1n) is 35.7. The molecule has 103 heavy (non-hydrogen) atoms. The number of aliphatic carboxylic acids is 2. The Labute approximate surface area is 638 Å². The van der Waals surface area contributed by atoms with Crippen LogP contribution < -0.4 is 16.4 Å². The van der Waals surface area contributed by atoms with E-state index in [0.29, 0.717) is 70.2 Å². The molecule has 0 aromatic carbocycles. The minimum Gasteiger partial charge on any atom is -0.481 e. The molecule has 612 valence electrons. The second-order valence-corrected chi connectivity index (χ2v) is 29.3. The van der Waals surface area contributed by atoms with Crippen LogP contribution in [-0.4, -0.2) is 364 Å². The van der Waals surface area contributed by atoms with Crippen molar-refractivity contribution < 1.29 is 159 Å². The van der Waals surface area contributed by atoms with Crippen molar-refractivity contribution in [2.24, 2.45) is 5.73 Å². The number of aliphatic hydroxyl groups excluding tert-OH is 9. The van der Waals surface area contributed by atoms with Crippen LogP contribution >= 0.6 is 0 Å². The number of rotatable bonds is 31. The van der Waals surface area contributed by atoms with Gasteiger partial charge in [0.05, 0.1) is 86.7 Å². The van der Waals surface area contributed by atoms with Crippen LogP contribution in [0.1, 0.15) is 144 Å². The Hall–Kier alpha value is -3.19. The molecular formula is C61H137B4N3O32Si3. The van der Waals surface area contributed by atoms with Crippen LogP contribution in [-0.2, 0) is 97.0 Å². The zero-order valence-electron chi connectivity index (χ0n) is 72.9. The molecule has 4 aliphatic rings. The lowest BCUT2D eigenvalue weighted by molar-refractivity contribution is -0.154. The number of carboxylic acid groups (broad SMARTS) is 2. The fourth-order valence-electron chi connectivity index (χ4n) is 8.29. The lowest BCUT2D eigenvalue weighted by Crippen LogP contribution is -2.43. The molecule has 4 heterocycles. The predicted molar refractivity (Wildman–Crippen MR) is 397 cm³/mol. The molecular weight excluding hydrogens is 1410 g/mol. The van der Waals surface area contributed by atoms with Crippen LogP contribution in [0, 0.1) is 0 Å². The first kappa shape index (κ1) is 108. The van der Waals surface area contributed by atoms with Crippen molar-refractivity contribution in [3.8, 4) is 0 Å². The van der Waals surface area contributed by atoms with E-state index in [1.54, 1.807) is 42.7 Å². The van der Waals surface area contributed by atoms with Gasteiger partial charge >= 0.3 is 50.3 Å². The van der Waals surface area contributed by atoms with E-state index in [2.05, 4.69) is 31.1 Å². The number of hydrogen-bond donors (Lipinski definition) is 14. The van der Waals surface area contributed by atoms with Crippen LogP contribution in [0.3, 0.4) is 0 Å². The monoisotopic (exact) mass is 1560 g/mol. The second-order valence-electron chi connectivity index (χ2n) is 20.0. The zero-order valence-corrected chi connectivity index (χ0v) is 67.9. The number of hydrogen-bond acceptors (Lipinski definition) is 31. The van der Waals surface area contributed by atoms with Crippen molar-refractivity contribution in [3.05, 3.63) is 0 Å². The number of carboxylic acids is 2. The van der Waals surface area contributed by atoms with Gasteiger partial charge in [-0.2, -0.15) is 0 Å². The van der Waals surface area contributed by atoms with Gasteiger partial charge in [-0.05, 0) is 81.1 Å². The molecule has 35 nitrogen and oxygen atoms in total. The summed E-state index contributed by atoms with van der Waals surface area (Å²) in [6, 6.07) is 1.97. The highest BCUT2D eigenvalue weighted by Gasteiger charge is 2.39. The van der Waals surface area contributed by atoms with Gasteiger partial charge in [-0.25, -0.2) is 0 Å². The smallest absolute Gasteiger partial charge is 0.481 e. The van der Waals surface area contributed by atoms with E-state index in [1.807, 2.05) is 27.7 Å². The molecule has 15 N–H and O–H groups in total. The minimum absolute atomic E-state index is 0. The Kier molecular flexibility index (Phi) is 90.6. The number of aliphatic hydroxyl groups is 9. The van der Waals surface area contributed by atoms with E-state index in [0.717, 1.165) is 33.8 Å². The standard InChI is InChI=1S/C16H31NO7Si.C10H21NO6Si.C10H16O5.C6H17NO3Si.2C6H12O2.7CH4O.4B/c1-12-11-14(13(2)23-12)24-16(19)8-7-15(18)17-9-6-10-25(20-3,21-4)22-5;1-15-18(16-2,17-3)8-4-7-11-9(12)5-6-10(13)14;1-6-5-8(7(2)14-6)15-10(13)4-3-9(11)12;1-8-11(9-2,10-3)6-4-5-7;2*1-4-3-6(7)5(2)8-4;7*1-2;;;;/h12-14H,6-11H2,1-5H3,(H,17,18);4-8H2,1-3H3,(H,11,12)(H,13,14);6-8H,3-5H2,1-2H3,(H,11,12);4-7H2,1-3H3;2*4-7H,3H2,1-2H3;7*2H,1H3;;;;/t12-,13+,14?;;6-,7+,8?;;2*4-,5+,6?;;;;;;;;;;;/m0.0.00.........../s1/i2D;;2D;;2*2D;4*2T;;;;;;;. The Bertz CT molecular complexity index is 1990. The van der Waals surface area contributed by atoms with E-state index in [4.69, 9.17) is 121 Å². The average Bonchev–Trinajstić information content (AvgIpc) is 1.81. The van der Waals surface area contributed by atoms with Gasteiger partial charge in [0.2, 0.25) is 17.5 Å². The summed E-state index contributed by atoms with van der Waals surface area (Å²) < 4.78 is 130. The molecule has 0 saturated carbocycles. The number of nitrogens with one attached hydrogen (secondary N) is 2. The lowest BCUT2D eigenvalue weighted by Gasteiger charge is -2.24. The third-order valence-corrected chi connectivity index (χ3v) is 21.8. The van der Waals surface area contributed by atoms with E-state index in [-0.39, 0.29) is 160 Å². The molecule has 4 saturated heterocycles. The van der Waals surface area contributed by atoms with E-state index < -0.39 is 74.7 Å². The van der Waals surface area contributed by atoms with Crippen molar-refractivity contribution in [1.82, 2.24) is 10.6 Å². The molecule has 0 aromatic rings. The lowest BCUT2D eigenvalue weighted by atomic mass is 10.1. The third-order valence-electron chi connectivity index (χ3n) is 13.3. The summed E-state index contributed by atoms with van der Waals surface area (Å²) in [7, 11) is 14.7. The quantitative estimate of drug-likeness (QED) is 0.0236. The van der Waals surface area contributed by atoms with Crippen molar-refractivity contribution >= 4 is 95.8 Å². The van der Waals surface area contributed by atoms with Crippen LogP contribution in [0.15, 0.2) is 0 Å². The predicted octanol–water partition coefficient (Wildman–Crippen LogP) is -0.505. The second kappa shape index (κ2) is 86.1. The molecule has 4 unspecified atom stereocenters. The van der Waals surface area contributed by atoms with Gasteiger partial charge in [0, 0.05) is 223 Å². The third kappa shape index (κ3) is 69.0.